The summed E-state index contributed by atoms with van der Waals surface area (Å²) < 4.78 is 0. The minimum atomic E-state index is -0.168. The number of nitrogens with one attached hydrogen (secondary N) is 1. The predicted octanol–water partition coefficient (Wildman–Crippen LogP) is 4.50. The van der Waals surface area contributed by atoms with E-state index in [4.69, 9.17) is 5.73 Å². The van der Waals surface area contributed by atoms with Gasteiger partial charge in [0.15, 0.2) is 0 Å². The third kappa shape index (κ3) is 3.40. The van der Waals surface area contributed by atoms with Crippen LogP contribution in [0.3, 0.4) is 0 Å². The summed E-state index contributed by atoms with van der Waals surface area (Å²) in [4.78, 5) is 12.3. The Hall–Kier alpha value is -3.07. The van der Waals surface area contributed by atoms with Crippen LogP contribution in [-0.4, -0.2) is 5.91 Å². The Morgan fingerprint density at radius 2 is 1.61 bits per heavy atom. The summed E-state index contributed by atoms with van der Waals surface area (Å²) in [6.45, 7) is 2.07. The molecule has 0 spiro atoms. The molecule has 0 saturated heterocycles. The fraction of sp³-hybridized carbons (Fsp3) is 0.0500. The van der Waals surface area contributed by atoms with E-state index in [1.165, 1.54) is 5.56 Å². The summed E-state index contributed by atoms with van der Waals surface area (Å²) in [6.07, 6.45) is 0. The van der Waals surface area contributed by atoms with Crippen molar-refractivity contribution in [1.29, 1.82) is 0 Å². The lowest BCUT2D eigenvalue weighted by Gasteiger charge is -2.09. The van der Waals surface area contributed by atoms with Crippen molar-refractivity contribution in [3.8, 4) is 11.1 Å². The van der Waals surface area contributed by atoms with Gasteiger partial charge in [0.2, 0.25) is 0 Å². The molecule has 0 heterocycles. The minimum absolute atomic E-state index is 0.168. The van der Waals surface area contributed by atoms with E-state index >= 15 is 0 Å². The number of rotatable bonds is 3. The molecule has 23 heavy (non-hydrogen) atoms. The number of hydrogen-bond donors (Lipinski definition) is 2. The van der Waals surface area contributed by atoms with E-state index in [0.717, 1.165) is 11.1 Å². The number of hydrogen-bond acceptors (Lipinski definition) is 2. The summed E-state index contributed by atoms with van der Waals surface area (Å²) in [6, 6.07) is 23.1. The molecule has 0 atom stereocenters. The van der Waals surface area contributed by atoms with Crippen LogP contribution in [0.1, 0.15) is 15.9 Å². The van der Waals surface area contributed by atoms with Crippen molar-refractivity contribution in [3.05, 3.63) is 83.9 Å². The molecule has 0 aliphatic rings. The van der Waals surface area contributed by atoms with Crippen molar-refractivity contribution >= 4 is 17.3 Å². The van der Waals surface area contributed by atoms with E-state index in [-0.39, 0.29) is 5.91 Å². The van der Waals surface area contributed by atoms with Crippen molar-refractivity contribution in [3.63, 3.8) is 0 Å². The van der Waals surface area contributed by atoms with Gasteiger partial charge < -0.3 is 11.1 Å². The van der Waals surface area contributed by atoms with Gasteiger partial charge in [-0.3, -0.25) is 4.79 Å². The third-order valence-corrected chi connectivity index (χ3v) is 3.71. The van der Waals surface area contributed by atoms with Crippen molar-refractivity contribution in [2.45, 2.75) is 6.92 Å². The number of anilines is 2. The number of carbonyl (C=O) groups excluding carboxylic acids is 1. The highest BCUT2D eigenvalue weighted by atomic mass is 16.1. The normalized spacial score (nSPS) is 10.3. The standard InChI is InChI=1S/C20H18N2O/c1-14-5-4-6-17(13-14)15-9-11-16(12-10-15)20(23)22-19-8-3-2-7-18(19)21/h2-13H,21H2,1H3,(H,22,23). The van der Waals surface area contributed by atoms with Crippen LogP contribution in [0.2, 0.25) is 0 Å². The molecule has 114 valence electrons. The van der Waals surface area contributed by atoms with E-state index in [1.807, 2.05) is 42.5 Å². The molecule has 0 bridgehead atoms. The number of nitrogens with two attached hydrogens (primary N) is 1. The van der Waals surface area contributed by atoms with Crippen molar-refractivity contribution < 1.29 is 4.79 Å². The third-order valence-electron chi connectivity index (χ3n) is 3.71. The predicted molar refractivity (Wildman–Crippen MR) is 95.4 cm³/mol. The van der Waals surface area contributed by atoms with Crippen molar-refractivity contribution in [2.75, 3.05) is 11.1 Å². The second kappa shape index (κ2) is 6.36. The molecule has 0 aromatic heterocycles. The zero-order valence-electron chi connectivity index (χ0n) is 12.9. The van der Waals surface area contributed by atoms with Crippen molar-refractivity contribution in [2.24, 2.45) is 0 Å². The van der Waals surface area contributed by atoms with Crippen LogP contribution in [0, 0.1) is 6.92 Å². The van der Waals surface area contributed by atoms with E-state index in [2.05, 4.69) is 30.4 Å². The minimum Gasteiger partial charge on any atom is -0.397 e. The molecule has 0 saturated carbocycles. The molecule has 0 aliphatic carbocycles. The lowest BCUT2D eigenvalue weighted by molar-refractivity contribution is 0.102. The SMILES string of the molecule is Cc1cccc(-c2ccc(C(=O)Nc3ccccc3N)cc2)c1. The second-order valence-corrected chi connectivity index (χ2v) is 5.49. The Bertz CT molecular complexity index is 838. The molecule has 3 heteroatoms. The van der Waals surface area contributed by atoms with Gasteiger partial charge in [0.25, 0.3) is 5.91 Å². The average molecular weight is 302 g/mol. The molecular weight excluding hydrogens is 284 g/mol. The molecule has 0 radical (unpaired) electrons. The molecule has 0 aliphatic heterocycles. The second-order valence-electron chi connectivity index (χ2n) is 5.49. The van der Waals surface area contributed by atoms with Crippen LogP contribution in [0.4, 0.5) is 11.4 Å². The smallest absolute Gasteiger partial charge is 0.255 e. The molecule has 3 aromatic rings. The van der Waals surface area contributed by atoms with Crippen LogP contribution in [0.5, 0.6) is 0 Å². The van der Waals surface area contributed by atoms with Gasteiger partial charge in [0, 0.05) is 5.56 Å². The maximum absolute atomic E-state index is 12.3. The summed E-state index contributed by atoms with van der Waals surface area (Å²) in [5.74, 6) is -0.168. The van der Waals surface area contributed by atoms with Crippen LogP contribution in [0.15, 0.2) is 72.8 Å². The highest BCUT2D eigenvalue weighted by molar-refractivity contribution is 6.05. The molecule has 1 amide bonds. The van der Waals surface area contributed by atoms with Crippen LogP contribution in [-0.2, 0) is 0 Å². The van der Waals surface area contributed by atoms with Gasteiger partial charge in [-0.1, -0.05) is 54.1 Å². The molecule has 3 nitrogen and oxygen atoms in total. The molecular formula is C20H18N2O. The number of para-hydroxylation sites is 2. The van der Waals surface area contributed by atoms with E-state index in [0.29, 0.717) is 16.9 Å². The first-order valence-electron chi connectivity index (χ1n) is 7.46. The first kappa shape index (κ1) is 14.9. The highest BCUT2D eigenvalue weighted by Gasteiger charge is 2.08. The molecule has 0 fully saturated rings. The Labute approximate surface area is 135 Å². The van der Waals surface area contributed by atoms with Crippen LogP contribution >= 0.6 is 0 Å². The topological polar surface area (TPSA) is 55.1 Å². The van der Waals surface area contributed by atoms with Gasteiger partial charge >= 0.3 is 0 Å². The molecule has 0 unspecified atom stereocenters. The zero-order valence-corrected chi connectivity index (χ0v) is 12.9. The van der Waals surface area contributed by atoms with E-state index in [1.54, 1.807) is 12.1 Å². The quantitative estimate of drug-likeness (QED) is 0.700. The van der Waals surface area contributed by atoms with E-state index in [9.17, 15) is 4.79 Å². The Morgan fingerprint density at radius 3 is 2.30 bits per heavy atom. The number of amides is 1. The average Bonchev–Trinajstić information content (AvgIpc) is 2.57. The zero-order chi connectivity index (χ0) is 16.2. The summed E-state index contributed by atoms with van der Waals surface area (Å²) in [5, 5.41) is 2.83. The Balaban J connectivity index is 1.79. The van der Waals surface area contributed by atoms with Crippen LogP contribution in [0.25, 0.3) is 11.1 Å². The number of aryl methyl sites for hydroxylation is 1. The Kier molecular flexibility index (Phi) is 4.11. The maximum Gasteiger partial charge on any atom is 0.255 e. The Morgan fingerprint density at radius 1 is 0.870 bits per heavy atom. The summed E-state index contributed by atoms with van der Waals surface area (Å²) in [7, 11) is 0. The van der Waals surface area contributed by atoms with Gasteiger partial charge in [0.05, 0.1) is 11.4 Å². The summed E-state index contributed by atoms with van der Waals surface area (Å²) >= 11 is 0. The first-order chi connectivity index (χ1) is 11.1. The molecule has 3 N–H and O–H groups in total. The van der Waals surface area contributed by atoms with Gasteiger partial charge in [-0.15, -0.1) is 0 Å². The number of nitrogen functional groups attached to an aromatic ring is 1. The first-order valence-corrected chi connectivity index (χ1v) is 7.46. The lowest BCUT2D eigenvalue weighted by atomic mass is 10.0. The fourth-order valence-corrected chi connectivity index (χ4v) is 2.44. The van der Waals surface area contributed by atoms with Gasteiger partial charge in [-0.05, 0) is 42.3 Å². The largest absolute Gasteiger partial charge is 0.397 e. The molecule has 3 rings (SSSR count). The maximum atomic E-state index is 12.3. The summed E-state index contributed by atoms with van der Waals surface area (Å²) in [5.41, 5.74) is 11.1. The monoisotopic (exact) mass is 302 g/mol. The fourth-order valence-electron chi connectivity index (χ4n) is 2.44. The lowest BCUT2D eigenvalue weighted by Crippen LogP contribution is -2.12. The molecule has 3 aromatic carbocycles. The highest BCUT2D eigenvalue weighted by Crippen LogP contribution is 2.22. The van der Waals surface area contributed by atoms with Gasteiger partial charge in [0.1, 0.15) is 0 Å². The van der Waals surface area contributed by atoms with E-state index < -0.39 is 0 Å². The number of benzene rings is 3. The van der Waals surface area contributed by atoms with Gasteiger partial charge in [-0.25, -0.2) is 0 Å². The number of carbonyl (C=O) groups is 1. The van der Waals surface area contributed by atoms with Crippen molar-refractivity contribution in [1.82, 2.24) is 0 Å². The van der Waals surface area contributed by atoms with Crippen LogP contribution < -0.4 is 11.1 Å². The van der Waals surface area contributed by atoms with Gasteiger partial charge in [-0.2, -0.15) is 0 Å².